The Morgan fingerprint density at radius 1 is 1.53 bits per heavy atom. The molecule has 2 nitrogen and oxygen atoms in total. The molecule has 0 saturated heterocycles. The van der Waals surface area contributed by atoms with Crippen LogP contribution in [0, 0.1) is 12.7 Å². The van der Waals surface area contributed by atoms with Crippen molar-refractivity contribution in [2.45, 2.75) is 13.8 Å². The summed E-state index contributed by atoms with van der Waals surface area (Å²) < 4.78 is 17.8. The summed E-state index contributed by atoms with van der Waals surface area (Å²) in [5, 5.41) is 0. The highest BCUT2D eigenvalue weighted by atomic mass is 19.1. The Bertz CT molecular complexity index is 383. The highest BCUT2D eigenvalue weighted by Crippen LogP contribution is 2.10. The molecule has 15 heavy (non-hydrogen) atoms. The molecule has 0 amide bonds. The Balaban J connectivity index is 2.72. The molecule has 0 N–H and O–H groups in total. The predicted octanol–water partition coefficient (Wildman–Crippen LogP) is 2.71. The van der Waals surface area contributed by atoms with Crippen molar-refractivity contribution in [1.29, 1.82) is 0 Å². The second kappa shape index (κ2) is 5.29. The van der Waals surface area contributed by atoms with Crippen molar-refractivity contribution in [2.75, 3.05) is 6.61 Å². The van der Waals surface area contributed by atoms with Gasteiger partial charge in [-0.05, 0) is 37.1 Å². The van der Waals surface area contributed by atoms with Crippen LogP contribution in [0.5, 0.6) is 0 Å². The van der Waals surface area contributed by atoms with E-state index in [-0.39, 0.29) is 5.82 Å². The molecule has 0 bridgehead atoms. The van der Waals surface area contributed by atoms with Crippen molar-refractivity contribution in [2.24, 2.45) is 0 Å². The maximum absolute atomic E-state index is 13.1. The number of carbonyl (C=O) groups is 1. The standard InChI is InChI=1S/C12H13FO2/c1-3-15-12(14)7-6-10-5-4-9(2)11(13)8-10/h4-8H,3H2,1-2H3/b7-6+. The minimum atomic E-state index is -0.418. The van der Waals surface area contributed by atoms with Crippen LogP contribution in [0.25, 0.3) is 6.08 Å². The van der Waals surface area contributed by atoms with E-state index in [9.17, 15) is 9.18 Å². The molecule has 0 aliphatic heterocycles. The molecule has 1 aromatic rings. The molecule has 0 atom stereocenters. The van der Waals surface area contributed by atoms with Gasteiger partial charge in [-0.15, -0.1) is 0 Å². The normalized spacial score (nSPS) is 10.6. The molecule has 0 fully saturated rings. The third kappa shape index (κ3) is 3.54. The first-order chi connectivity index (χ1) is 7.13. The summed E-state index contributed by atoms with van der Waals surface area (Å²) in [5.41, 5.74) is 1.23. The van der Waals surface area contributed by atoms with E-state index < -0.39 is 5.97 Å². The van der Waals surface area contributed by atoms with Gasteiger partial charge in [0, 0.05) is 6.08 Å². The largest absolute Gasteiger partial charge is 0.463 e. The number of hydrogen-bond donors (Lipinski definition) is 0. The zero-order chi connectivity index (χ0) is 11.3. The van der Waals surface area contributed by atoms with Crippen molar-refractivity contribution in [3.8, 4) is 0 Å². The summed E-state index contributed by atoms with van der Waals surface area (Å²) in [6.07, 6.45) is 2.81. The maximum atomic E-state index is 13.1. The van der Waals surface area contributed by atoms with Crippen LogP contribution in [0.4, 0.5) is 4.39 Å². The van der Waals surface area contributed by atoms with E-state index in [1.165, 1.54) is 18.2 Å². The molecule has 0 aliphatic carbocycles. The number of aryl methyl sites for hydroxylation is 1. The van der Waals surface area contributed by atoms with Gasteiger partial charge in [0.1, 0.15) is 5.82 Å². The fourth-order valence-electron chi connectivity index (χ4n) is 1.07. The quantitative estimate of drug-likeness (QED) is 0.564. The third-order valence-corrected chi connectivity index (χ3v) is 1.89. The van der Waals surface area contributed by atoms with Crippen LogP contribution in [-0.2, 0) is 9.53 Å². The Morgan fingerprint density at radius 3 is 2.87 bits per heavy atom. The molecule has 0 unspecified atom stereocenters. The van der Waals surface area contributed by atoms with E-state index in [1.807, 2.05) is 0 Å². The summed E-state index contributed by atoms with van der Waals surface area (Å²) in [6.45, 7) is 3.76. The fraction of sp³-hybridized carbons (Fsp3) is 0.250. The SMILES string of the molecule is CCOC(=O)/C=C/c1ccc(C)c(F)c1. The summed E-state index contributed by atoms with van der Waals surface area (Å²) >= 11 is 0. The van der Waals surface area contributed by atoms with Crippen LogP contribution in [0.15, 0.2) is 24.3 Å². The smallest absolute Gasteiger partial charge is 0.330 e. The molecule has 0 heterocycles. The van der Waals surface area contributed by atoms with Gasteiger partial charge in [-0.3, -0.25) is 0 Å². The number of benzene rings is 1. The number of ether oxygens (including phenoxy) is 1. The van der Waals surface area contributed by atoms with Gasteiger partial charge in [0.05, 0.1) is 6.61 Å². The topological polar surface area (TPSA) is 26.3 Å². The van der Waals surface area contributed by atoms with Gasteiger partial charge in [-0.2, -0.15) is 0 Å². The monoisotopic (exact) mass is 208 g/mol. The summed E-state index contributed by atoms with van der Waals surface area (Å²) in [6, 6.07) is 4.79. The molecule has 0 spiro atoms. The Morgan fingerprint density at radius 2 is 2.27 bits per heavy atom. The average molecular weight is 208 g/mol. The highest BCUT2D eigenvalue weighted by Gasteiger charge is 1.98. The molecular formula is C12H13FO2. The molecule has 0 aliphatic rings. The Labute approximate surface area is 88.4 Å². The predicted molar refractivity (Wildman–Crippen MR) is 56.8 cm³/mol. The van der Waals surface area contributed by atoms with Crippen LogP contribution in [0.1, 0.15) is 18.1 Å². The van der Waals surface area contributed by atoms with Crippen LogP contribution >= 0.6 is 0 Å². The molecule has 80 valence electrons. The zero-order valence-corrected chi connectivity index (χ0v) is 8.79. The summed E-state index contributed by atoms with van der Waals surface area (Å²) in [4.78, 5) is 11.0. The first kappa shape index (κ1) is 11.4. The Hall–Kier alpha value is -1.64. The second-order valence-electron chi connectivity index (χ2n) is 3.09. The molecular weight excluding hydrogens is 195 g/mol. The number of carbonyl (C=O) groups excluding carboxylic acids is 1. The molecule has 0 aromatic heterocycles. The highest BCUT2D eigenvalue weighted by molar-refractivity contribution is 5.87. The molecule has 1 rings (SSSR count). The average Bonchev–Trinajstić information content (AvgIpc) is 2.20. The molecule has 1 aromatic carbocycles. The first-order valence-corrected chi connectivity index (χ1v) is 4.74. The lowest BCUT2D eigenvalue weighted by Gasteiger charge is -1.98. The Kier molecular flexibility index (Phi) is 4.03. The van der Waals surface area contributed by atoms with E-state index in [1.54, 1.807) is 26.0 Å². The van der Waals surface area contributed by atoms with Crippen LogP contribution in [0.3, 0.4) is 0 Å². The van der Waals surface area contributed by atoms with Crippen LogP contribution in [0.2, 0.25) is 0 Å². The van der Waals surface area contributed by atoms with Crippen molar-refractivity contribution >= 4 is 12.0 Å². The number of hydrogen-bond acceptors (Lipinski definition) is 2. The second-order valence-corrected chi connectivity index (χ2v) is 3.09. The van der Waals surface area contributed by atoms with Crippen LogP contribution in [-0.4, -0.2) is 12.6 Å². The van der Waals surface area contributed by atoms with Gasteiger partial charge in [-0.1, -0.05) is 12.1 Å². The van der Waals surface area contributed by atoms with Gasteiger partial charge in [0.2, 0.25) is 0 Å². The first-order valence-electron chi connectivity index (χ1n) is 4.74. The van der Waals surface area contributed by atoms with Crippen molar-refractivity contribution < 1.29 is 13.9 Å². The van der Waals surface area contributed by atoms with Gasteiger partial charge >= 0.3 is 5.97 Å². The fourth-order valence-corrected chi connectivity index (χ4v) is 1.07. The van der Waals surface area contributed by atoms with Gasteiger partial charge in [0.25, 0.3) is 0 Å². The van der Waals surface area contributed by atoms with Crippen molar-refractivity contribution in [1.82, 2.24) is 0 Å². The number of rotatable bonds is 3. The van der Waals surface area contributed by atoms with E-state index >= 15 is 0 Å². The van der Waals surface area contributed by atoms with E-state index in [4.69, 9.17) is 4.74 Å². The summed E-state index contributed by atoms with van der Waals surface area (Å²) in [5.74, 6) is -0.695. The summed E-state index contributed by atoms with van der Waals surface area (Å²) in [7, 11) is 0. The van der Waals surface area contributed by atoms with Crippen molar-refractivity contribution in [3.05, 3.63) is 41.2 Å². The lowest BCUT2D eigenvalue weighted by atomic mass is 10.1. The van der Waals surface area contributed by atoms with E-state index in [2.05, 4.69) is 0 Å². The van der Waals surface area contributed by atoms with Crippen molar-refractivity contribution in [3.63, 3.8) is 0 Å². The number of esters is 1. The maximum Gasteiger partial charge on any atom is 0.330 e. The minimum Gasteiger partial charge on any atom is -0.463 e. The lowest BCUT2D eigenvalue weighted by molar-refractivity contribution is -0.137. The number of halogens is 1. The van der Waals surface area contributed by atoms with Gasteiger partial charge in [-0.25, -0.2) is 9.18 Å². The minimum absolute atomic E-state index is 0.277. The zero-order valence-electron chi connectivity index (χ0n) is 8.79. The molecule has 0 radical (unpaired) electrons. The van der Waals surface area contributed by atoms with E-state index in [0.717, 1.165) is 0 Å². The van der Waals surface area contributed by atoms with Crippen LogP contribution < -0.4 is 0 Å². The third-order valence-electron chi connectivity index (χ3n) is 1.89. The van der Waals surface area contributed by atoms with Gasteiger partial charge in [0.15, 0.2) is 0 Å². The van der Waals surface area contributed by atoms with E-state index in [0.29, 0.717) is 17.7 Å². The molecule has 3 heteroatoms. The lowest BCUT2D eigenvalue weighted by Crippen LogP contribution is -1.98. The van der Waals surface area contributed by atoms with Gasteiger partial charge < -0.3 is 4.74 Å². The molecule has 0 saturated carbocycles.